The van der Waals surface area contributed by atoms with Crippen LogP contribution in [0.1, 0.15) is 49.3 Å². The summed E-state index contributed by atoms with van der Waals surface area (Å²) in [5.74, 6) is -1.85. The first-order valence-corrected chi connectivity index (χ1v) is 14.1. The molecule has 13 nitrogen and oxygen atoms in total. The van der Waals surface area contributed by atoms with E-state index in [0.717, 1.165) is 5.56 Å². The smallest absolute Gasteiger partial charge is 0.326 e. The Labute approximate surface area is 254 Å². The first kappa shape index (κ1) is 33.6. The molecule has 4 N–H and O–H groups in total. The molecule has 1 fully saturated rings. The van der Waals surface area contributed by atoms with Crippen LogP contribution in [0.4, 0.5) is 11.4 Å². The van der Waals surface area contributed by atoms with Crippen molar-refractivity contribution in [2.24, 2.45) is 0 Å². The number of benzene rings is 1. The summed E-state index contributed by atoms with van der Waals surface area (Å²) >= 11 is 0. The third-order valence-electron chi connectivity index (χ3n) is 7.24. The predicted molar refractivity (Wildman–Crippen MR) is 165 cm³/mol. The molecule has 0 spiro atoms. The van der Waals surface area contributed by atoms with Crippen molar-refractivity contribution >= 4 is 29.2 Å². The normalized spacial score (nSPS) is 17.0. The van der Waals surface area contributed by atoms with Crippen LogP contribution in [0.25, 0.3) is 0 Å². The largest absolute Gasteiger partial charge is 0.480 e. The van der Waals surface area contributed by atoms with Gasteiger partial charge in [0.1, 0.15) is 29.5 Å². The number of ether oxygens (including phenoxy) is 2. The minimum absolute atomic E-state index is 0.0162. The van der Waals surface area contributed by atoms with Crippen LogP contribution < -0.4 is 27.1 Å². The van der Waals surface area contributed by atoms with Gasteiger partial charge in [-0.05, 0) is 57.5 Å². The minimum atomic E-state index is -1.02. The first-order valence-electron chi connectivity index (χ1n) is 14.1. The van der Waals surface area contributed by atoms with Gasteiger partial charge in [0.2, 0.25) is 12.2 Å². The monoisotopic (exact) mass is 609 g/mol. The molecule has 1 aliphatic heterocycles. The minimum Gasteiger partial charge on any atom is -0.480 e. The maximum atomic E-state index is 12.8. The summed E-state index contributed by atoms with van der Waals surface area (Å²) in [5.41, 5.74) is 2.42. The number of aliphatic carboxylic acids is 1. The average Bonchev–Trinajstić information content (AvgIpc) is 3.35. The maximum absolute atomic E-state index is 12.8. The molecule has 13 heteroatoms. The molecule has 3 aromatic rings. The summed E-state index contributed by atoms with van der Waals surface area (Å²) < 4.78 is 13.6. The molecule has 2 aromatic heterocycles. The van der Waals surface area contributed by atoms with Gasteiger partial charge in [0.05, 0.1) is 13.0 Å². The van der Waals surface area contributed by atoms with E-state index in [1.807, 2.05) is 30.3 Å². The molecule has 1 aliphatic rings. The standard InChI is InChI=1S/C21H25N3O5.C10H14N2O3/c1-13-9-10-16(22-3)20(27)24(13)14(2)19(26)23-17-11-18(25)29-21(17)28-12-15-7-5-4-6-8-15;1-6-4-5-8(11-3)9(13)12(6)7(2)10(14)15/h4-10,14,17,21-22H,11-12H2,1-3H3,(H,23,26);4-5,7,11H,1-3H3,(H,14,15)/t14?,17-,21?;/m0./s1. The molecule has 236 valence electrons. The molecule has 0 saturated carbocycles. The van der Waals surface area contributed by atoms with E-state index in [9.17, 15) is 24.0 Å². The van der Waals surface area contributed by atoms with Crippen LogP contribution in [-0.2, 0) is 30.5 Å². The molecule has 1 saturated heterocycles. The first-order chi connectivity index (χ1) is 20.9. The van der Waals surface area contributed by atoms with Gasteiger partial charge in [-0.25, -0.2) is 4.79 Å². The van der Waals surface area contributed by atoms with Gasteiger partial charge in [0.25, 0.3) is 11.1 Å². The average molecular weight is 610 g/mol. The van der Waals surface area contributed by atoms with E-state index in [2.05, 4.69) is 16.0 Å². The molecule has 1 amide bonds. The van der Waals surface area contributed by atoms with E-state index in [1.165, 1.54) is 16.1 Å². The van der Waals surface area contributed by atoms with Crippen LogP contribution in [0.3, 0.4) is 0 Å². The number of carboxylic acids is 1. The number of nitrogens with zero attached hydrogens (tertiary/aromatic N) is 2. The maximum Gasteiger partial charge on any atom is 0.326 e. The van der Waals surface area contributed by atoms with Crippen LogP contribution in [0.15, 0.2) is 64.2 Å². The number of cyclic esters (lactones) is 1. The summed E-state index contributed by atoms with van der Waals surface area (Å²) in [4.78, 5) is 59.8. The fourth-order valence-corrected chi connectivity index (χ4v) is 4.72. The zero-order valence-corrected chi connectivity index (χ0v) is 25.6. The lowest BCUT2D eigenvalue weighted by Gasteiger charge is -2.23. The van der Waals surface area contributed by atoms with E-state index < -0.39 is 36.4 Å². The lowest BCUT2D eigenvalue weighted by Crippen LogP contribution is -2.45. The molecule has 0 aliphatic carbocycles. The second-order valence-corrected chi connectivity index (χ2v) is 10.3. The van der Waals surface area contributed by atoms with Gasteiger partial charge in [-0.1, -0.05) is 30.3 Å². The number of anilines is 2. The highest BCUT2D eigenvalue weighted by molar-refractivity contribution is 5.82. The number of hydrogen-bond acceptors (Lipinski definition) is 9. The van der Waals surface area contributed by atoms with Crippen molar-refractivity contribution < 1.29 is 29.0 Å². The third kappa shape index (κ3) is 7.92. The molecule has 1 aromatic carbocycles. The molecule has 0 radical (unpaired) electrons. The molecule has 4 atom stereocenters. The summed E-state index contributed by atoms with van der Waals surface area (Å²) in [6.07, 6.45) is -0.858. The van der Waals surface area contributed by atoms with Crippen molar-refractivity contribution in [2.75, 3.05) is 24.7 Å². The Bertz CT molecular complexity index is 1600. The quantitative estimate of drug-likeness (QED) is 0.251. The van der Waals surface area contributed by atoms with Crippen molar-refractivity contribution in [1.29, 1.82) is 0 Å². The second-order valence-electron chi connectivity index (χ2n) is 10.3. The van der Waals surface area contributed by atoms with Crippen molar-refractivity contribution in [3.05, 3.63) is 92.3 Å². The summed E-state index contributed by atoms with van der Waals surface area (Å²) in [6.45, 7) is 6.85. The molecule has 3 heterocycles. The number of pyridine rings is 2. The number of hydrogen-bond donors (Lipinski definition) is 4. The molecular formula is C31H39N5O8. The zero-order valence-electron chi connectivity index (χ0n) is 25.6. The van der Waals surface area contributed by atoms with E-state index in [4.69, 9.17) is 14.6 Å². The molecule has 0 bridgehead atoms. The lowest BCUT2D eigenvalue weighted by atomic mass is 10.2. The van der Waals surface area contributed by atoms with Gasteiger partial charge in [0, 0.05) is 25.5 Å². The van der Waals surface area contributed by atoms with Crippen LogP contribution in [0.2, 0.25) is 0 Å². The summed E-state index contributed by atoms with van der Waals surface area (Å²) in [6, 6.07) is 14.0. The van der Waals surface area contributed by atoms with Crippen LogP contribution in [-0.4, -0.2) is 58.5 Å². The topological polar surface area (TPSA) is 170 Å². The Morgan fingerprint density at radius 2 is 1.41 bits per heavy atom. The van der Waals surface area contributed by atoms with Crippen LogP contribution in [0, 0.1) is 13.8 Å². The third-order valence-corrected chi connectivity index (χ3v) is 7.24. The fraction of sp³-hybridized carbons (Fsp3) is 0.387. The van der Waals surface area contributed by atoms with Gasteiger partial charge in [-0.2, -0.15) is 0 Å². The Hall–Kier alpha value is -4.91. The van der Waals surface area contributed by atoms with Gasteiger partial charge < -0.3 is 30.5 Å². The number of esters is 1. The highest BCUT2D eigenvalue weighted by Crippen LogP contribution is 2.20. The van der Waals surface area contributed by atoms with Crippen molar-refractivity contribution in [3.8, 4) is 0 Å². The number of rotatable bonds is 10. The number of aromatic nitrogens is 2. The molecular weight excluding hydrogens is 570 g/mol. The summed E-state index contributed by atoms with van der Waals surface area (Å²) in [5, 5.41) is 17.2. The van der Waals surface area contributed by atoms with Crippen LogP contribution in [0.5, 0.6) is 0 Å². The number of carbonyl (C=O) groups excluding carboxylic acids is 2. The van der Waals surface area contributed by atoms with Crippen LogP contribution >= 0.6 is 0 Å². The van der Waals surface area contributed by atoms with Crippen molar-refractivity contribution in [1.82, 2.24) is 14.5 Å². The Morgan fingerprint density at radius 1 is 0.886 bits per heavy atom. The predicted octanol–water partition coefficient (Wildman–Crippen LogP) is 2.58. The van der Waals surface area contributed by atoms with Gasteiger partial charge >= 0.3 is 11.9 Å². The number of nitrogens with one attached hydrogen (secondary N) is 3. The highest BCUT2D eigenvalue weighted by Gasteiger charge is 2.38. The Kier molecular flexibility index (Phi) is 11.5. The number of carboxylic acid groups (broad SMARTS) is 1. The highest BCUT2D eigenvalue weighted by atomic mass is 16.7. The zero-order chi connectivity index (χ0) is 32.6. The Morgan fingerprint density at radius 3 is 1.91 bits per heavy atom. The molecule has 3 unspecified atom stereocenters. The lowest BCUT2D eigenvalue weighted by molar-refractivity contribution is -0.168. The van der Waals surface area contributed by atoms with Gasteiger partial charge in [0.15, 0.2) is 0 Å². The van der Waals surface area contributed by atoms with E-state index >= 15 is 0 Å². The fourth-order valence-electron chi connectivity index (χ4n) is 4.72. The van der Waals surface area contributed by atoms with Gasteiger partial charge in [-0.15, -0.1) is 0 Å². The SMILES string of the molecule is CNc1ccc(C)n(C(C)C(=O)N[C@H]2CC(=O)OC2OCc2ccccc2)c1=O.CNc1ccc(C)n(C(C)C(=O)O)c1=O. The van der Waals surface area contributed by atoms with E-state index in [0.29, 0.717) is 22.8 Å². The van der Waals surface area contributed by atoms with Crippen molar-refractivity contribution in [2.45, 2.75) is 65.1 Å². The van der Waals surface area contributed by atoms with E-state index in [-0.39, 0.29) is 30.1 Å². The number of carbonyl (C=O) groups is 3. The van der Waals surface area contributed by atoms with Gasteiger partial charge in [-0.3, -0.25) is 28.3 Å². The summed E-state index contributed by atoms with van der Waals surface area (Å²) in [7, 11) is 3.28. The number of aryl methyl sites for hydroxylation is 2. The number of amides is 1. The second kappa shape index (κ2) is 15.0. The van der Waals surface area contributed by atoms with E-state index in [1.54, 1.807) is 59.1 Å². The van der Waals surface area contributed by atoms with Crippen molar-refractivity contribution in [3.63, 3.8) is 0 Å². The molecule has 44 heavy (non-hydrogen) atoms. The molecule has 4 rings (SSSR count). The Balaban J connectivity index is 0.000000297.